The van der Waals surface area contributed by atoms with Crippen LogP contribution >= 0.6 is 0 Å². The summed E-state index contributed by atoms with van der Waals surface area (Å²) in [6.07, 6.45) is -5.73. The number of hydrogen-bond acceptors (Lipinski definition) is 2. The Morgan fingerprint density at radius 1 is 1.05 bits per heavy atom. The van der Waals surface area contributed by atoms with Gasteiger partial charge in [0.25, 0.3) is 0 Å². The van der Waals surface area contributed by atoms with Crippen LogP contribution in [-0.2, 0) is 15.7 Å². The molecule has 2 rings (SSSR count). The van der Waals surface area contributed by atoms with Crippen molar-refractivity contribution in [3.8, 4) is 0 Å². The minimum absolute atomic E-state index is 0.372. The Bertz CT molecular complexity index is 524. The molecule has 21 heavy (non-hydrogen) atoms. The Balaban J connectivity index is 2.22. The minimum atomic E-state index is -4.44. The van der Waals surface area contributed by atoms with E-state index in [0.29, 0.717) is 5.46 Å². The molecular formula is C14H17BF4O2. The summed E-state index contributed by atoms with van der Waals surface area (Å²) in [6.45, 7) is 7.39. The van der Waals surface area contributed by atoms with Gasteiger partial charge in [0.1, 0.15) is 5.82 Å². The summed E-state index contributed by atoms with van der Waals surface area (Å²) in [5.41, 5.74) is -1.18. The number of halogens is 4. The molecule has 116 valence electrons. The first-order valence-corrected chi connectivity index (χ1v) is 6.62. The molecule has 0 amide bonds. The van der Waals surface area contributed by atoms with Crippen LogP contribution in [0.2, 0.25) is 0 Å². The predicted octanol–water partition coefficient (Wildman–Crippen LogP) is 3.23. The van der Waals surface area contributed by atoms with E-state index < -0.39 is 36.7 Å². The molecule has 0 N–H and O–H groups in total. The standard InChI is InChI=1S/C14H17BF4O2/c1-12(2)13(3,4)21-15(20-12)10-6-5-9(11(16)7-10)8-14(17,18)19/h5-7H,8H2,1-4H3. The van der Waals surface area contributed by atoms with Gasteiger partial charge in [-0.1, -0.05) is 12.1 Å². The lowest BCUT2D eigenvalue weighted by Crippen LogP contribution is -2.41. The average molecular weight is 304 g/mol. The van der Waals surface area contributed by atoms with E-state index in [1.165, 1.54) is 6.07 Å². The summed E-state index contributed by atoms with van der Waals surface area (Å²) < 4.78 is 62.2. The first-order chi connectivity index (χ1) is 9.41. The van der Waals surface area contributed by atoms with Crippen LogP contribution in [-0.4, -0.2) is 24.5 Å². The molecule has 1 fully saturated rings. The topological polar surface area (TPSA) is 18.5 Å². The highest BCUT2D eigenvalue weighted by Crippen LogP contribution is 2.36. The van der Waals surface area contributed by atoms with Gasteiger partial charge >= 0.3 is 13.3 Å². The molecule has 0 spiro atoms. The second kappa shape index (κ2) is 4.99. The van der Waals surface area contributed by atoms with Gasteiger partial charge < -0.3 is 9.31 Å². The third kappa shape index (κ3) is 3.40. The fourth-order valence-corrected chi connectivity index (χ4v) is 2.05. The molecule has 0 aliphatic carbocycles. The summed E-state index contributed by atoms with van der Waals surface area (Å²) in [5.74, 6) is -0.903. The quantitative estimate of drug-likeness (QED) is 0.617. The van der Waals surface area contributed by atoms with Crippen LogP contribution in [0.5, 0.6) is 0 Å². The van der Waals surface area contributed by atoms with E-state index in [1.807, 2.05) is 27.7 Å². The fourth-order valence-electron chi connectivity index (χ4n) is 2.05. The van der Waals surface area contributed by atoms with Crippen LogP contribution in [0.25, 0.3) is 0 Å². The molecule has 0 saturated carbocycles. The SMILES string of the molecule is CC1(C)OB(c2ccc(CC(F)(F)F)c(F)c2)OC1(C)C. The molecule has 7 heteroatoms. The number of alkyl halides is 3. The van der Waals surface area contributed by atoms with E-state index in [9.17, 15) is 17.6 Å². The molecule has 1 aromatic carbocycles. The summed E-state index contributed by atoms with van der Waals surface area (Å²) in [6, 6.07) is 3.58. The maximum atomic E-state index is 13.8. The zero-order valence-corrected chi connectivity index (χ0v) is 12.3. The summed E-state index contributed by atoms with van der Waals surface area (Å²) >= 11 is 0. The average Bonchev–Trinajstić information content (AvgIpc) is 2.49. The maximum Gasteiger partial charge on any atom is 0.494 e. The minimum Gasteiger partial charge on any atom is -0.399 e. The summed E-state index contributed by atoms with van der Waals surface area (Å²) in [5, 5.41) is 0. The van der Waals surface area contributed by atoms with E-state index >= 15 is 0 Å². The highest BCUT2D eigenvalue weighted by atomic mass is 19.4. The monoisotopic (exact) mass is 304 g/mol. The van der Waals surface area contributed by atoms with E-state index in [0.717, 1.165) is 12.1 Å². The number of rotatable bonds is 2. The lowest BCUT2D eigenvalue weighted by atomic mass is 9.78. The van der Waals surface area contributed by atoms with Crippen LogP contribution in [0, 0.1) is 5.82 Å². The van der Waals surface area contributed by atoms with Crippen molar-refractivity contribution in [1.82, 2.24) is 0 Å². The second-order valence-electron chi connectivity index (χ2n) is 6.23. The smallest absolute Gasteiger partial charge is 0.399 e. The van der Waals surface area contributed by atoms with Gasteiger partial charge in [-0.05, 0) is 44.8 Å². The van der Waals surface area contributed by atoms with Gasteiger partial charge in [-0.25, -0.2) is 4.39 Å². The molecular weight excluding hydrogens is 287 g/mol. The van der Waals surface area contributed by atoms with E-state index in [2.05, 4.69) is 0 Å². The Morgan fingerprint density at radius 2 is 1.57 bits per heavy atom. The molecule has 0 atom stereocenters. The first-order valence-electron chi connectivity index (χ1n) is 6.62. The molecule has 1 heterocycles. The first kappa shape index (κ1) is 16.3. The largest absolute Gasteiger partial charge is 0.494 e. The van der Waals surface area contributed by atoms with Crippen molar-refractivity contribution in [3.63, 3.8) is 0 Å². The highest BCUT2D eigenvalue weighted by Gasteiger charge is 2.51. The third-order valence-electron chi connectivity index (χ3n) is 3.99. The van der Waals surface area contributed by atoms with Crippen LogP contribution in [0.3, 0.4) is 0 Å². The van der Waals surface area contributed by atoms with Gasteiger partial charge in [-0.15, -0.1) is 0 Å². The Hall–Kier alpha value is -1.08. The van der Waals surface area contributed by atoms with Gasteiger partial charge in [0.2, 0.25) is 0 Å². The maximum absolute atomic E-state index is 13.8. The van der Waals surface area contributed by atoms with Crippen molar-refractivity contribution >= 4 is 12.6 Å². The van der Waals surface area contributed by atoms with Crippen LogP contribution in [0.15, 0.2) is 18.2 Å². The molecule has 1 aliphatic rings. The van der Waals surface area contributed by atoms with Crippen molar-refractivity contribution in [3.05, 3.63) is 29.6 Å². The number of hydrogen-bond donors (Lipinski definition) is 0. The molecule has 1 aliphatic heterocycles. The van der Waals surface area contributed by atoms with Crippen LogP contribution in [0.1, 0.15) is 33.3 Å². The lowest BCUT2D eigenvalue weighted by Gasteiger charge is -2.32. The van der Waals surface area contributed by atoms with Crippen LogP contribution < -0.4 is 5.46 Å². The van der Waals surface area contributed by atoms with Gasteiger partial charge in [-0.3, -0.25) is 0 Å². The van der Waals surface area contributed by atoms with Crippen LogP contribution in [0.4, 0.5) is 17.6 Å². The summed E-state index contributed by atoms with van der Waals surface area (Å²) in [4.78, 5) is 0. The van der Waals surface area contributed by atoms with Gasteiger partial charge in [0.15, 0.2) is 0 Å². The molecule has 2 nitrogen and oxygen atoms in total. The van der Waals surface area contributed by atoms with Crippen molar-refractivity contribution in [2.75, 3.05) is 0 Å². The molecule has 0 bridgehead atoms. The normalized spacial score (nSPS) is 20.9. The van der Waals surface area contributed by atoms with Gasteiger partial charge in [-0.2, -0.15) is 13.2 Å². The summed E-state index contributed by atoms with van der Waals surface area (Å²) in [7, 11) is -0.788. The van der Waals surface area contributed by atoms with Gasteiger partial charge in [0.05, 0.1) is 17.6 Å². The molecule has 0 unspecified atom stereocenters. The molecule has 1 saturated heterocycles. The zero-order chi connectivity index (χ0) is 16.1. The molecule has 0 aromatic heterocycles. The molecule has 0 radical (unpaired) electrons. The Labute approximate surface area is 121 Å². The zero-order valence-electron chi connectivity index (χ0n) is 12.3. The number of benzene rings is 1. The Morgan fingerprint density at radius 3 is 2.00 bits per heavy atom. The Kier molecular flexibility index (Phi) is 3.87. The fraction of sp³-hybridized carbons (Fsp3) is 0.571. The predicted molar refractivity (Wildman–Crippen MR) is 71.9 cm³/mol. The lowest BCUT2D eigenvalue weighted by molar-refractivity contribution is -0.127. The third-order valence-corrected chi connectivity index (χ3v) is 3.99. The highest BCUT2D eigenvalue weighted by molar-refractivity contribution is 6.62. The van der Waals surface area contributed by atoms with E-state index in [-0.39, 0.29) is 5.56 Å². The van der Waals surface area contributed by atoms with Gasteiger partial charge in [0, 0.05) is 0 Å². The van der Waals surface area contributed by atoms with E-state index in [4.69, 9.17) is 9.31 Å². The molecule has 1 aromatic rings. The van der Waals surface area contributed by atoms with Crippen molar-refractivity contribution < 1.29 is 26.9 Å². The van der Waals surface area contributed by atoms with Crippen molar-refractivity contribution in [2.45, 2.75) is 51.5 Å². The van der Waals surface area contributed by atoms with Crippen molar-refractivity contribution in [1.29, 1.82) is 0 Å². The van der Waals surface area contributed by atoms with Crippen molar-refractivity contribution in [2.24, 2.45) is 0 Å². The van der Waals surface area contributed by atoms with E-state index in [1.54, 1.807) is 0 Å². The second-order valence-corrected chi connectivity index (χ2v) is 6.23.